The van der Waals surface area contributed by atoms with E-state index in [0.717, 1.165) is 11.8 Å². The number of hydrogen-bond donors (Lipinski definition) is 1. The van der Waals surface area contributed by atoms with Crippen LogP contribution >= 0.6 is 11.8 Å². The van der Waals surface area contributed by atoms with Crippen molar-refractivity contribution in [1.29, 1.82) is 10.5 Å². The Kier molecular flexibility index (Phi) is 6.24. The molecule has 0 radical (unpaired) electrons. The number of nitrogens with zero attached hydrogens (tertiary/aromatic N) is 3. The Morgan fingerprint density at radius 3 is 2.48 bits per heavy atom. The maximum atomic E-state index is 13.1. The Hall–Kier alpha value is -2.84. The van der Waals surface area contributed by atoms with Gasteiger partial charge in [-0.2, -0.15) is 10.5 Å². The molecule has 0 fully saturated rings. The van der Waals surface area contributed by atoms with Gasteiger partial charge < -0.3 is 10.2 Å². The molecule has 1 N–H and O–H groups in total. The number of rotatable bonds is 5. The van der Waals surface area contributed by atoms with Crippen molar-refractivity contribution in [2.24, 2.45) is 11.3 Å². The molecule has 0 aromatic heterocycles. The van der Waals surface area contributed by atoms with Crippen molar-refractivity contribution in [1.82, 2.24) is 5.32 Å². The second kappa shape index (κ2) is 8.24. The standard InChI is InChI=1S/C19H19FN4O2S/c1-4-24(13-7-5-12(20)6-8-13)16(25)11-27-18-15(10-22)19(2,3)14(9-21)17(26)23-18/h5-8,14H,4,11H2,1-3H3,(H,23,26)/t14-/m1/s1. The summed E-state index contributed by atoms with van der Waals surface area (Å²) >= 11 is 1.05. The van der Waals surface area contributed by atoms with Crippen molar-refractivity contribution >= 4 is 29.3 Å². The summed E-state index contributed by atoms with van der Waals surface area (Å²) in [6.45, 7) is 5.52. The first-order valence-corrected chi connectivity index (χ1v) is 9.28. The molecule has 1 atom stereocenters. The molecule has 0 saturated carbocycles. The molecule has 0 spiro atoms. The summed E-state index contributed by atoms with van der Waals surface area (Å²) < 4.78 is 13.1. The zero-order valence-electron chi connectivity index (χ0n) is 15.2. The summed E-state index contributed by atoms with van der Waals surface area (Å²) in [7, 11) is 0. The third-order valence-electron chi connectivity index (χ3n) is 4.43. The van der Waals surface area contributed by atoms with Crippen LogP contribution in [0.15, 0.2) is 34.9 Å². The van der Waals surface area contributed by atoms with Gasteiger partial charge >= 0.3 is 0 Å². The van der Waals surface area contributed by atoms with E-state index in [4.69, 9.17) is 0 Å². The van der Waals surface area contributed by atoms with Crippen LogP contribution in [0.1, 0.15) is 20.8 Å². The van der Waals surface area contributed by atoms with Crippen LogP contribution in [0.4, 0.5) is 10.1 Å². The average molecular weight is 386 g/mol. The van der Waals surface area contributed by atoms with Crippen molar-refractivity contribution in [3.05, 3.63) is 40.7 Å². The molecule has 2 rings (SSSR count). The van der Waals surface area contributed by atoms with Gasteiger partial charge in [0.1, 0.15) is 11.7 Å². The largest absolute Gasteiger partial charge is 0.319 e. The Morgan fingerprint density at radius 1 is 1.33 bits per heavy atom. The van der Waals surface area contributed by atoms with E-state index in [2.05, 4.69) is 11.4 Å². The minimum absolute atomic E-state index is 0.0146. The number of carbonyl (C=O) groups is 2. The molecule has 1 aliphatic heterocycles. The summed E-state index contributed by atoms with van der Waals surface area (Å²) in [4.78, 5) is 26.3. The van der Waals surface area contributed by atoms with Crippen LogP contribution in [0.3, 0.4) is 0 Å². The highest BCUT2D eigenvalue weighted by molar-refractivity contribution is 8.03. The van der Waals surface area contributed by atoms with Gasteiger partial charge in [-0.15, -0.1) is 0 Å². The van der Waals surface area contributed by atoms with Crippen LogP contribution in [0.2, 0.25) is 0 Å². The number of benzene rings is 1. The first kappa shape index (κ1) is 20.5. The van der Waals surface area contributed by atoms with Gasteiger partial charge in [-0.25, -0.2) is 4.39 Å². The van der Waals surface area contributed by atoms with Gasteiger partial charge in [-0.05, 0) is 31.2 Å². The van der Waals surface area contributed by atoms with Crippen molar-refractivity contribution in [3.8, 4) is 12.1 Å². The number of nitrogens with one attached hydrogen (secondary N) is 1. The van der Waals surface area contributed by atoms with Crippen molar-refractivity contribution in [2.45, 2.75) is 20.8 Å². The molecule has 0 unspecified atom stereocenters. The van der Waals surface area contributed by atoms with Crippen LogP contribution in [0.5, 0.6) is 0 Å². The van der Waals surface area contributed by atoms with E-state index in [1.54, 1.807) is 20.8 Å². The number of anilines is 1. The monoisotopic (exact) mass is 386 g/mol. The molecule has 1 aromatic carbocycles. The molecular weight excluding hydrogens is 367 g/mol. The lowest BCUT2D eigenvalue weighted by molar-refractivity contribution is -0.125. The molecule has 0 bridgehead atoms. The quantitative estimate of drug-likeness (QED) is 0.839. The van der Waals surface area contributed by atoms with Gasteiger partial charge in [0.25, 0.3) is 0 Å². The second-order valence-electron chi connectivity index (χ2n) is 6.49. The number of allylic oxidation sites excluding steroid dienone is 1. The first-order valence-electron chi connectivity index (χ1n) is 8.30. The van der Waals surface area contributed by atoms with Gasteiger partial charge in [0.15, 0.2) is 0 Å². The van der Waals surface area contributed by atoms with E-state index in [1.165, 1.54) is 29.2 Å². The average Bonchev–Trinajstić information content (AvgIpc) is 2.61. The molecule has 0 saturated heterocycles. The Balaban J connectivity index is 2.21. The van der Waals surface area contributed by atoms with E-state index in [0.29, 0.717) is 17.3 Å². The van der Waals surface area contributed by atoms with Crippen LogP contribution in [0, 0.1) is 39.8 Å². The fourth-order valence-corrected chi connectivity index (χ4v) is 3.92. The fraction of sp³-hybridized carbons (Fsp3) is 0.368. The lowest BCUT2D eigenvalue weighted by Gasteiger charge is -2.34. The van der Waals surface area contributed by atoms with Crippen LogP contribution in [-0.4, -0.2) is 24.1 Å². The van der Waals surface area contributed by atoms with Crippen molar-refractivity contribution in [3.63, 3.8) is 0 Å². The van der Waals surface area contributed by atoms with Gasteiger partial charge in [-0.3, -0.25) is 9.59 Å². The van der Waals surface area contributed by atoms with E-state index in [9.17, 15) is 24.5 Å². The third kappa shape index (κ3) is 4.12. The lowest BCUT2D eigenvalue weighted by atomic mass is 9.72. The van der Waals surface area contributed by atoms with Gasteiger partial charge in [0.05, 0.1) is 28.5 Å². The van der Waals surface area contributed by atoms with Gasteiger partial charge in [0, 0.05) is 17.6 Å². The molecule has 1 heterocycles. The molecule has 140 valence electrons. The molecule has 8 heteroatoms. The lowest BCUT2D eigenvalue weighted by Crippen LogP contribution is -2.44. The number of carbonyl (C=O) groups excluding carboxylic acids is 2. The maximum Gasteiger partial charge on any atom is 0.243 e. The number of hydrogen-bond acceptors (Lipinski definition) is 5. The van der Waals surface area contributed by atoms with E-state index < -0.39 is 17.2 Å². The van der Waals surface area contributed by atoms with Crippen molar-refractivity contribution in [2.75, 3.05) is 17.2 Å². The third-order valence-corrected chi connectivity index (χ3v) is 5.41. The van der Waals surface area contributed by atoms with Gasteiger partial charge in [-0.1, -0.05) is 25.6 Å². The highest BCUT2D eigenvalue weighted by Crippen LogP contribution is 2.41. The maximum absolute atomic E-state index is 13.1. The Bertz CT molecular complexity index is 865. The summed E-state index contributed by atoms with van der Waals surface area (Å²) in [5.74, 6) is -2.10. The Morgan fingerprint density at radius 2 is 1.96 bits per heavy atom. The fourth-order valence-electron chi connectivity index (χ4n) is 2.87. The molecular formula is C19H19FN4O2S. The van der Waals surface area contributed by atoms with Crippen LogP contribution in [0.25, 0.3) is 0 Å². The van der Waals surface area contributed by atoms with Gasteiger partial charge in [0.2, 0.25) is 11.8 Å². The normalized spacial score (nSPS) is 18.3. The Labute approximate surface area is 161 Å². The summed E-state index contributed by atoms with van der Waals surface area (Å²) in [5, 5.41) is 21.6. The summed E-state index contributed by atoms with van der Waals surface area (Å²) in [5.41, 5.74) is -0.105. The highest BCUT2D eigenvalue weighted by Gasteiger charge is 2.44. The molecule has 27 heavy (non-hydrogen) atoms. The molecule has 2 amide bonds. The second-order valence-corrected chi connectivity index (χ2v) is 7.48. The predicted octanol–water partition coefficient (Wildman–Crippen LogP) is 2.94. The van der Waals surface area contributed by atoms with E-state index in [1.807, 2.05) is 6.07 Å². The number of halogens is 1. The zero-order chi connectivity index (χ0) is 20.2. The topological polar surface area (TPSA) is 97.0 Å². The molecule has 1 aliphatic rings. The predicted molar refractivity (Wildman–Crippen MR) is 101 cm³/mol. The molecule has 0 aliphatic carbocycles. The molecule has 6 nitrogen and oxygen atoms in total. The minimum Gasteiger partial charge on any atom is -0.319 e. The first-order chi connectivity index (χ1) is 12.8. The molecule has 1 aromatic rings. The van der Waals surface area contributed by atoms with Crippen LogP contribution < -0.4 is 10.2 Å². The highest BCUT2D eigenvalue weighted by atomic mass is 32.2. The number of nitriles is 2. The zero-order valence-corrected chi connectivity index (χ0v) is 16.1. The number of amides is 2. The summed E-state index contributed by atoms with van der Waals surface area (Å²) in [6.07, 6.45) is 0. The number of thioether (sulfide) groups is 1. The van der Waals surface area contributed by atoms with E-state index >= 15 is 0 Å². The van der Waals surface area contributed by atoms with E-state index in [-0.39, 0.29) is 23.1 Å². The van der Waals surface area contributed by atoms with Crippen LogP contribution in [-0.2, 0) is 9.59 Å². The smallest absolute Gasteiger partial charge is 0.243 e. The minimum atomic E-state index is -0.974. The van der Waals surface area contributed by atoms with Crippen molar-refractivity contribution < 1.29 is 14.0 Å². The SMILES string of the molecule is CCN(C(=O)CSC1=C(C#N)C(C)(C)[C@H](C#N)C(=O)N1)c1ccc(F)cc1. The summed E-state index contributed by atoms with van der Waals surface area (Å²) in [6, 6.07) is 9.59.